The van der Waals surface area contributed by atoms with E-state index in [1.165, 1.54) is 0 Å². The van der Waals surface area contributed by atoms with E-state index in [9.17, 15) is 9.90 Å². The van der Waals surface area contributed by atoms with Crippen molar-refractivity contribution in [3.8, 4) is 0 Å². The van der Waals surface area contributed by atoms with E-state index in [-0.39, 0.29) is 11.9 Å². The maximum atomic E-state index is 11.2. The van der Waals surface area contributed by atoms with Gasteiger partial charge in [-0.15, -0.1) is 0 Å². The monoisotopic (exact) mass is 171 g/mol. The van der Waals surface area contributed by atoms with Crippen LogP contribution in [0.1, 0.15) is 0 Å². The fourth-order valence-electron chi connectivity index (χ4n) is 1.77. The molecule has 0 bridgehead atoms. The molecular formula is C7H13N3O2. The fourth-order valence-corrected chi connectivity index (χ4v) is 1.77. The lowest BCUT2D eigenvalue weighted by atomic mass is 10.2. The van der Waals surface area contributed by atoms with Crippen molar-refractivity contribution in [2.24, 2.45) is 0 Å². The lowest BCUT2D eigenvalue weighted by Crippen LogP contribution is -2.52. The number of carbonyl (C=O) groups is 1. The number of rotatable bonds is 0. The lowest BCUT2D eigenvalue weighted by Gasteiger charge is -2.34. The molecule has 2 fully saturated rings. The third-order valence-electron chi connectivity index (χ3n) is 2.51. The SMILES string of the molecule is CN1CCN2C(O)NC(=O)C2C1. The Morgan fingerprint density at radius 3 is 3.08 bits per heavy atom. The normalized spacial score (nSPS) is 38.0. The van der Waals surface area contributed by atoms with Gasteiger partial charge in [-0.05, 0) is 7.05 Å². The highest BCUT2D eigenvalue weighted by Crippen LogP contribution is 2.15. The number of amides is 1. The maximum Gasteiger partial charge on any atom is 0.241 e. The first-order valence-corrected chi connectivity index (χ1v) is 4.11. The molecule has 1 amide bonds. The van der Waals surface area contributed by atoms with Crippen molar-refractivity contribution in [3.63, 3.8) is 0 Å². The van der Waals surface area contributed by atoms with Crippen LogP contribution in [0.2, 0.25) is 0 Å². The number of hydrogen-bond donors (Lipinski definition) is 2. The molecule has 0 saturated carbocycles. The third-order valence-corrected chi connectivity index (χ3v) is 2.51. The summed E-state index contributed by atoms with van der Waals surface area (Å²) in [6.45, 7) is 2.37. The number of nitrogens with zero attached hydrogens (tertiary/aromatic N) is 2. The highest BCUT2D eigenvalue weighted by atomic mass is 16.3. The Hall–Kier alpha value is -0.650. The van der Waals surface area contributed by atoms with Crippen LogP contribution >= 0.6 is 0 Å². The van der Waals surface area contributed by atoms with Gasteiger partial charge >= 0.3 is 0 Å². The van der Waals surface area contributed by atoms with Crippen LogP contribution in [0.3, 0.4) is 0 Å². The van der Waals surface area contributed by atoms with Crippen LogP contribution in [0, 0.1) is 0 Å². The molecule has 2 aliphatic rings. The van der Waals surface area contributed by atoms with Crippen LogP contribution in [-0.4, -0.2) is 59.9 Å². The Balaban J connectivity index is 2.12. The number of piperazine rings is 1. The Labute approximate surface area is 70.9 Å². The second-order valence-corrected chi connectivity index (χ2v) is 3.40. The van der Waals surface area contributed by atoms with Crippen LogP contribution in [-0.2, 0) is 4.79 Å². The highest BCUT2D eigenvalue weighted by Gasteiger charge is 2.41. The zero-order valence-electron chi connectivity index (χ0n) is 7.03. The standard InChI is InChI=1S/C7H13N3O2/c1-9-2-3-10-5(4-9)6(11)8-7(10)12/h5,7,12H,2-4H2,1H3,(H,8,11). The molecule has 2 atom stereocenters. The first-order valence-electron chi connectivity index (χ1n) is 4.11. The van der Waals surface area contributed by atoms with Gasteiger partial charge in [0.05, 0.1) is 0 Å². The minimum atomic E-state index is -0.767. The van der Waals surface area contributed by atoms with E-state index < -0.39 is 6.35 Å². The van der Waals surface area contributed by atoms with E-state index in [1.54, 1.807) is 4.90 Å². The van der Waals surface area contributed by atoms with Gasteiger partial charge in [0.2, 0.25) is 5.91 Å². The molecule has 5 nitrogen and oxygen atoms in total. The fraction of sp³-hybridized carbons (Fsp3) is 0.857. The van der Waals surface area contributed by atoms with E-state index in [1.807, 2.05) is 7.05 Å². The van der Waals surface area contributed by atoms with Gasteiger partial charge in [-0.1, -0.05) is 0 Å². The van der Waals surface area contributed by atoms with Crippen LogP contribution in [0.4, 0.5) is 0 Å². The number of carbonyl (C=O) groups excluding carboxylic acids is 1. The zero-order valence-corrected chi connectivity index (χ0v) is 7.03. The second kappa shape index (κ2) is 2.69. The first kappa shape index (κ1) is 7.97. The summed E-state index contributed by atoms with van der Waals surface area (Å²) in [4.78, 5) is 15.1. The highest BCUT2D eigenvalue weighted by molar-refractivity contribution is 5.84. The summed E-state index contributed by atoms with van der Waals surface area (Å²) in [7, 11) is 1.98. The van der Waals surface area contributed by atoms with Crippen LogP contribution in [0.25, 0.3) is 0 Å². The number of likely N-dealkylation sites (N-methyl/N-ethyl adjacent to an activating group) is 1. The number of aliphatic hydroxyl groups is 1. The minimum absolute atomic E-state index is 0.0611. The number of aliphatic hydroxyl groups excluding tert-OH is 1. The molecule has 5 heteroatoms. The van der Waals surface area contributed by atoms with Crippen LogP contribution in [0.15, 0.2) is 0 Å². The molecule has 2 aliphatic heterocycles. The molecule has 2 N–H and O–H groups in total. The van der Waals surface area contributed by atoms with Crippen LogP contribution in [0.5, 0.6) is 0 Å². The molecule has 0 radical (unpaired) electrons. The average molecular weight is 171 g/mol. The number of hydrogen-bond acceptors (Lipinski definition) is 4. The van der Waals surface area contributed by atoms with Gasteiger partial charge in [-0.3, -0.25) is 4.79 Å². The smallest absolute Gasteiger partial charge is 0.241 e. The Kier molecular flexibility index (Phi) is 1.79. The quantitative estimate of drug-likeness (QED) is 0.443. The molecule has 68 valence electrons. The zero-order chi connectivity index (χ0) is 8.72. The summed E-state index contributed by atoms with van der Waals surface area (Å²) in [6.07, 6.45) is -0.767. The predicted octanol–water partition coefficient (Wildman–Crippen LogP) is -1.99. The number of fused-ring (bicyclic) bond motifs is 1. The van der Waals surface area contributed by atoms with Crippen molar-refractivity contribution in [3.05, 3.63) is 0 Å². The van der Waals surface area contributed by atoms with Gasteiger partial charge in [0.1, 0.15) is 6.04 Å². The lowest BCUT2D eigenvalue weighted by molar-refractivity contribution is -0.122. The predicted molar refractivity (Wildman–Crippen MR) is 42.1 cm³/mol. The molecule has 0 spiro atoms. The second-order valence-electron chi connectivity index (χ2n) is 3.40. The van der Waals surface area contributed by atoms with Gasteiger partial charge in [0.25, 0.3) is 0 Å². The summed E-state index contributed by atoms with van der Waals surface area (Å²) in [5, 5.41) is 11.9. The molecular weight excluding hydrogens is 158 g/mol. The van der Waals surface area contributed by atoms with Crippen molar-refractivity contribution in [1.29, 1.82) is 0 Å². The van der Waals surface area contributed by atoms with Crippen molar-refractivity contribution < 1.29 is 9.90 Å². The van der Waals surface area contributed by atoms with Gasteiger partial charge in [-0.2, -0.15) is 0 Å². The summed E-state index contributed by atoms with van der Waals surface area (Å²) < 4.78 is 0. The molecule has 0 aromatic heterocycles. The van der Waals surface area contributed by atoms with Gasteiger partial charge in [-0.25, -0.2) is 4.90 Å². The van der Waals surface area contributed by atoms with E-state index in [0.29, 0.717) is 6.54 Å². The molecule has 0 aliphatic carbocycles. The first-order chi connectivity index (χ1) is 5.68. The summed E-state index contributed by atoms with van der Waals surface area (Å²) in [5.41, 5.74) is 0. The summed E-state index contributed by atoms with van der Waals surface area (Å²) in [5.74, 6) is -0.0611. The van der Waals surface area contributed by atoms with E-state index in [4.69, 9.17) is 0 Å². The Morgan fingerprint density at radius 1 is 1.58 bits per heavy atom. The van der Waals surface area contributed by atoms with Crippen molar-refractivity contribution >= 4 is 5.91 Å². The van der Waals surface area contributed by atoms with E-state index in [0.717, 1.165) is 13.1 Å². The average Bonchev–Trinajstić information content (AvgIpc) is 2.28. The molecule has 0 aromatic rings. The van der Waals surface area contributed by atoms with Crippen LogP contribution < -0.4 is 5.32 Å². The van der Waals surface area contributed by atoms with Gasteiger partial charge < -0.3 is 15.3 Å². The Morgan fingerprint density at radius 2 is 2.33 bits per heavy atom. The van der Waals surface area contributed by atoms with Crippen molar-refractivity contribution in [2.45, 2.75) is 12.4 Å². The van der Waals surface area contributed by atoms with E-state index >= 15 is 0 Å². The van der Waals surface area contributed by atoms with E-state index in [2.05, 4.69) is 10.2 Å². The number of nitrogens with one attached hydrogen (secondary N) is 1. The summed E-state index contributed by atoms with van der Waals surface area (Å²) >= 11 is 0. The van der Waals surface area contributed by atoms with Gasteiger partial charge in [0.15, 0.2) is 6.35 Å². The molecule has 2 heterocycles. The topological polar surface area (TPSA) is 55.8 Å². The molecule has 2 rings (SSSR count). The minimum Gasteiger partial charge on any atom is -0.361 e. The molecule has 2 saturated heterocycles. The van der Waals surface area contributed by atoms with Gasteiger partial charge in [0, 0.05) is 19.6 Å². The molecule has 2 unspecified atom stereocenters. The largest absolute Gasteiger partial charge is 0.361 e. The van der Waals surface area contributed by atoms with Crippen molar-refractivity contribution in [1.82, 2.24) is 15.1 Å². The maximum absolute atomic E-state index is 11.2. The molecule has 0 aromatic carbocycles. The van der Waals surface area contributed by atoms with Crippen molar-refractivity contribution in [2.75, 3.05) is 26.7 Å². The third kappa shape index (κ3) is 1.10. The Bertz CT molecular complexity index is 209. The summed E-state index contributed by atoms with van der Waals surface area (Å²) in [6, 6.07) is -0.154. The molecule has 12 heavy (non-hydrogen) atoms.